The molecule has 1 heteroatoms. The molecule has 0 atom stereocenters. The molecule has 1 rings (SSSR count). The Kier molecular flexibility index (Phi) is 4.51. The molecule has 0 unspecified atom stereocenters. The van der Waals surface area contributed by atoms with Crippen molar-refractivity contribution in [1.29, 1.82) is 0 Å². The van der Waals surface area contributed by atoms with E-state index in [1.54, 1.807) is 0 Å². The zero-order valence-corrected chi connectivity index (χ0v) is 9.18. The van der Waals surface area contributed by atoms with Crippen LogP contribution in [0.1, 0.15) is 39.5 Å². The summed E-state index contributed by atoms with van der Waals surface area (Å²) in [5.41, 5.74) is 1.41. The molecule has 76 valence electrons. The molecular formula is C12H23N. The molecule has 0 amide bonds. The Hall–Kier alpha value is -0.300. The second-order valence-corrected chi connectivity index (χ2v) is 4.47. The fourth-order valence-electron chi connectivity index (χ4n) is 1.77. The molecule has 1 aliphatic heterocycles. The van der Waals surface area contributed by atoms with Gasteiger partial charge < -0.3 is 4.90 Å². The van der Waals surface area contributed by atoms with Crippen LogP contribution in [0, 0.1) is 5.92 Å². The van der Waals surface area contributed by atoms with E-state index in [2.05, 4.69) is 25.3 Å². The first-order valence-corrected chi connectivity index (χ1v) is 5.60. The van der Waals surface area contributed by atoms with Crippen molar-refractivity contribution in [3.05, 3.63) is 12.2 Å². The van der Waals surface area contributed by atoms with Gasteiger partial charge in [0, 0.05) is 6.54 Å². The van der Waals surface area contributed by atoms with Crippen LogP contribution in [0.2, 0.25) is 0 Å². The van der Waals surface area contributed by atoms with Crippen molar-refractivity contribution in [3.8, 4) is 0 Å². The molecule has 1 nitrogen and oxygen atoms in total. The lowest BCUT2D eigenvalue weighted by Crippen LogP contribution is -2.30. The summed E-state index contributed by atoms with van der Waals surface area (Å²) >= 11 is 0. The van der Waals surface area contributed by atoms with Crippen molar-refractivity contribution in [1.82, 2.24) is 4.90 Å². The van der Waals surface area contributed by atoms with E-state index in [0.29, 0.717) is 5.92 Å². The van der Waals surface area contributed by atoms with E-state index in [1.165, 1.54) is 50.9 Å². The summed E-state index contributed by atoms with van der Waals surface area (Å²) in [5.74, 6) is 0.657. The SMILES string of the molecule is C=C(CCN1CCCCC1)C(C)C. The average molecular weight is 181 g/mol. The van der Waals surface area contributed by atoms with Crippen LogP contribution in [-0.2, 0) is 0 Å². The van der Waals surface area contributed by atoms with Crippen LogP contribution < -0.4 is 0 Å². The predicted molar refractivity (Wildman–Crippen MR) is 58.9 cm³/mol. The second kappa shape index (κ2) is 5.43. The van der Waals surface area contributed by atoms with Crippen molar-refractivity contribution >= 4 is 0 Å². The van der Waals surface area contributed by atoms with Crippen molar-refractivity contribution < 1.29 is 0 Å². The second-order valence-electron chi connectivity index (χ2n) is 4.47. The normalized spacial score (nSPS) is 19.3. The number of piperidine rings is 1. The van der Waals surface area contributed by atoms with Crippen LogP contribution in [0.3, 0.4) is 0 Å². The number of likely N-dealkylation sites (tertiary alicyclic amines) is 1. The third-order valence-electron chi connectivity index (χ3n) is 3.01. The van der Waals surface area contributed by atoms with Gasteiger partial charge in [-0.25, -0.2) is 0 Å². The van der Waals surface area contributed by atoms with Gasteiger partial charge in [-0.05, 0) is 38.3 Å². The predicted octanol–water partition coefficient (Wildman–Crippen LogP) is 3.07. The summed E-state index contributed by atoms with van der Waals surface area (Å²) in [7, 11) is 0. The minimum Gasteiger partial charge on any atom is -0.303 e. The maximum absolute atomic E-state index is 4.11. The van der Waals surface area contributed by atoms with Crippen LogP contribution >= 0.6 is 0 Å². The summed E-state index contributed by atoms with van der Waals surface area (Å²) in [6.45, 7) is 12.4. The van der Waals surface area contributed by atoms with Gasteiger partial charge >= 0.3 is 0 Å². The Morgan fingerprint density at radius 1 is 1.23 bits per heavy atom. The Morgan fingerprint density at radius 3 is 2.38 bits per heavy atom. The topological polar surface area (TPSA) is 3.24 Å². The molecule has 1 saturated heterocycles. The number of hydrogen-bond acceptors (Lipinski definition) is 1. The van der Waals surface area contributed by atoms with Crippen LogP contribution in [0.5, 0.6) is 0 Å². The first kappa shape index (κ1) is 10.8. The van der Waals surface area contributed by atoms with Crippen LogP contribution in [0.4, 0.5) is 0 Å². The van der Waals surface area contributed by atoms with Gasteiger partial charge in [0.25, 0.3) is 0 Å². The number of hydrogen-bond donors (Lipinski definition) is 0. The zero-order chi connectivity index (χ0) is 9.68. The van der Waals surface area contributed by atoms with Crippen molar-refractivity contribution in [2.24, 2.45) is 5.92 Å². The molecule has 1 heterocycles. The highest BCUT2D eigenvalue weighted by Gasteiger charge is 2.10. The van der Waals surface area contributed by atoms with Gasteiger partial charge in [0.1, 0.15) is 0 Å². The molecule has 0 N–H and O–H groups in total. The Morgan fingerprint density at radius 2 is 1.85 bits per heavy atom. The molecule has 1 fully saturated rings. The third kappa shape index (κ3) is 3.95. The highest BCUT2D eigenvalue weighted by Crippen LogP contribution is 2.14. The fourth-order valence-corrected chi connectivity index (χ4v) is 1.77. The molecule has 0 aromatic rings. The summed E-state index contributed by atoms with van der Waals surface area (Å²) in [5, 5.41) is 0. The first-order valence-electron chi connectivity index (χ1n) is 5.60. The molecule has 1 aliphatic rings. The van der Waals surface area contributed by atoms with Crippen LogP contribution in [0.25, 0.3) is 0 Å². The van der Waals surface area contributed by atoms with Gasteiger partial charge in [0.15, 0.2) is 0 Å². The smallest absolute Gasteiger partial charge is 0.00186 e. The highest BCUT2D eigenvalue weighted by molar-refractivity contribution is 4.97. The van der Waals surface area contributed by atoms with Gasteiger partial charge in [-0.2, -0.15) is 0 Å². The molecule has 0 spiro atoms. The summed E-state index contributed by atoms with van der Waals surface area (Å²) < 4.78 is 0. The number of rotatable bonds is 4. The molecule has 0 radical (unpaired) electrons. The van der Waals surface area contributed by atoms with Gasteiger partial charge in [-0.3, -0.25) is 0 Å². The van der Waals surface area contributed by atoms with E-state index in [4.69, 9.17) is 0 Å². The Labute approximate surface area is 82.8 Å². The third-order valence-corrected chi connectivity index (χ3v) is 3.01. The fraction of sp³-hybridized carbons (Fsp3) is 0.833. The lowest BCUT2D eigenvalue weighted by atomic mass is 10.0. The van der Waals surface area contributed by atoms with E-state index >= 15 is 0 Å². The highest BCUT2D eigenvalue weighted by atomic mass is 15.1. The lowest BCUT2D eigenvalue weighted by Gasteiger charge is -2.27. The van der Waals surface area contributed by atoms with E-state index in [9.17, 15) is 0 Å². The maximum atomic E-state index is 4.11. The molecule has 13 heavy (non-hydrogen) atoms. The van der Waals surface area contributed by atoms with Gasteiger partial charge in [-0.15, -0.1) is 0 Å². The molecule has 0 saturated carbocycles. The quantitative estimate of drug-likeness (QED) is 0.602. The average Bonchev–Trinajstić information content (AvgIpc) is 2.15. The van der Waals surface area contributed by atoms with Crippen LogP contribution in [0.15, 0.2) is 12.2 Å². The molecule has 0 bridgehead atoms. The lowest BCUT2D eigenvalue weighted by molar-refractivity contribution is 0.230. The maximum Gasteiger partial charge on any atom is 0.00186 e. The molecule has 0 aromatic carbocycles. The van der Waals surface area contributed by atoms with Crippen LogP contribution in [-0.4, -0.2) is 24.5 Å². The van der Waals surface area contributed by atoms with Gasteiger partial charge in [0.05, 0.1) is 0 Å². The first-order chi connectivity index (χ1) is 6.20. The zero-order valence-electron chi connectivity index (χ0n) is 9.18. The van der Waals surface area contributed by atoms with Gasteiger partial charge in [-0.1, -0.05) is 32.4 Å². The summed E-state index contributed by atoms with van der Waals surface area (Å²) in [6.07, 6.45) is 5.42. The Bertz CT molecular complexity index is 155. The van der Waals surface area contributed by atoms with E-state index in [-0.39, 0.29) is 0 Å². The summed E-state index contributed by atoms with van der Waals surface area (Å²) in [6, 6.07) is 0. The minimum atomic E-state index is 0.657. The monoisotopic (exact) mass is 181 g/mol. The molecular weight excluding hydrogens is 158 g/mol. The van der Waals surface area contributed by atoms with Crippen molar-refractivity contribution in [2.75, 3.05) is 19.6 Å². The van der Waals surface area contributed by atoms with E-state index < -0.39 is 0 Å². The number of nitrogens with zero attached hydrogens (tertiary/aromatic N) is 1. The Balaban J connectivity index is 2.13. The summed E-state index contributed by atoms with van der Waals surface area (Å²) in [4.78, 5) is 2.58. The van der Waals surface area contributed by atoms with Crippen molar-refractivity contribution in [2.45, 2.75) is 39.5 Å². The van der Waals surface area contributed by atoms with E-state index in [0.717, 1.165) is 0 Å². The minimum absolute atomic E-state index is 0.657. The molecule has 0 aliphatic carbocycles. The largest absolute Gasteiger partial charge is 0.303 e. The van der Waals surface area contributed by atoms with Crippen molar-refractivity contribution in [3.63, 3.8) is 0 Å². The van der Waals surface area contributed by atoms with Gasteiger partial charge in [0.2, 0.25) is 0 Å². The molecule has 0 aromatic heterocycles. The van der Waals surface area contributed by atoms with E-state index in [1.807, 2.05) is 0 Å². The standard InChI is InChI=1S/C12H23N/c1-11(2)12(3)7-10-13-8-5-4-6-9-13/h11H,3-10H2,1-2H3.